The Morgan fingerprint density at radius 2 is 1.94 bits per heavy atom. The molecule has 1 N–H and O–H groups in total. The van der Waals surface area contributed by atoms with Gasteiger partial charge in [0.1, 0.15) is 11.9 Å². The smallest absolute Gasteiger partial charge is 0.279 e. The number of aromatic nitrogens is 3. The fourth-order valence-corrected chi connectivity index (χ4v) is 4.32. The molecule has 0 bridgehead atoms. The molecule has 3 aromatic rings. The van der Waals surface area contributed by atoms with E-state index in [1.54, 1.807) is 31.1 Å². The summed E-state index contributed by atoms with van der Waals surface area (Å²) >= 11 is 0. The number of carbonyl (C=O) groups excluding carboxylic acids is 1. The van der Waals surface area contributed by atoms with Crippen molar-refractivity contribution in [2.24, 2.45) is 7.05 Å². The predicted octanol–water partition coefficient (Wildman–Crippen LogP) is 3.28. The van der Waals surface area contributed by atoms with Gasteiger partial charge in [-0.1, -0.05) is 35.9 Å². The number of rotatable bonds is 3. The average molecular weight is 416 g/mol. The van der Waals surface area contributed by atoms with Crippen LogP contribution in [0.5, 0.6) is 0 Å². The number of pyridine rings is 1. The lowest BCUT2D eigenvalue weighted by molar-refractivity contribution is 0.0989. The van der Waals surface area contributed by atoms with Gasteiger partial charge >= 0.3 is 0 Å². The van der Waals surface area contributed by atoms with Crippen LogP contribution in [0.2, 0.25) is 0 Å². The standard InChI is InChI=1S/C24H24N4O3/c1-14-4-6-16(7-5-14)21-19-20(26-22(25-19)17-8-10-31-11-9-17)24(30)28(21)18-12-15(2)23(29)27(3)13-18/h4-8,12-13,21H,9-11H2,1-3H3,(H,25,26)/t21-/m1/s1. The van der Waals surface area contributed by atoms with E-state index in [4.69, 9.17) is 4.74 Å². The molecule has 0 aliphatic carbocycles. The molecule has 31 heavy (non-hydrogen) atoms. The monoisotopic (exact) mass is 416 g/mol. The number of ether oxygens (including phenoxy) is 1. The summed E-state index contributed by atoms with van der Waals surface area (Å²) in [6, 6.07) is 9.59. The van der Waals surface area contributed by atoms with Crippen LogP contribution >= 0.6 is 0 Å². The molecule has 1 atom stereocenters. The molecule has 0 unspecified atom stereocenters. The maximum absolute atomic E-state index is 13.6. The topological polar surface area (TPSA) is 80.2 Å². The number of aryl methyl sites for hydroxylation is 3. The molecule has 2 aromatic heterocycles. The number of hydrogen-bond acceptors (Lipinski definition) is 4. The molecule has 0 fully saturated rings. The lowest BCUT2D eigenvalue weighted by atomic mass is 10.0. The number of amides is 1. The Labute approximate surface area is 180 Å². The van der Waals surface area contributed by atoms with E-state index in [-0.39, 0.29) is 17.5 Å². The second-order valence-corrected chi connectivity index (χ2v) is 8.19. The Morgan fingerprint density at radius 1 is 1.16 bits per heavy atom. The molecule has 7 nitrogen and oxygen atoms in total. The lowest BCUT2D eigenvalue weighted by Crippen LogP contribution is -2.31. The summed E-state index contributed by atoms with van der Waals surface area (Å²) in [5, 5.41) is 0. The summed E-state index contributed by atoms with van der Waals surface area (Å²) in [6.45, 7) is 5.00. The first-order valence-electron chi connectivity index (χ1n) is 10.4. The maximum Gasteiger partial charge on any atom is 0.279 e. The highest BCUT2D eigenvalue weighted by Crippen LogP contribution is 2.41. The Balaban J connectivity index is 1.66. The number of fused-ring (bicyclic) bond motifs is 1. The molecule has 7 heteroatoms. The third kappa shape index (κ3) is 3.21. The van der Waals surface area contributed by atoms with Crippen LogP contribution in [-0.4, -0.2) is 33.7 Å². The van der Waals surface area contributed by atoms with Crippen LogP contribution in [0.3, 0.4) is 0 Å². The van der Waals surface area contributed by atoms with Gasteiger partial charge in [-0.05, 0) is 37.5 Å². The zero-order chi connectivity index (χ0) is 21.7. The Bertz CT molecular complexity index is 1240. The maximum atomic E-state index is 13.6. The van der Waals surface area contributed by atoms with Gasteiger partial charge in [0, 0.05) is 18.8 Å². The van der Waals surface area contributed by atoms with Crippen molar-refractivity contribution in [1.82, 2.24) is 14.5 Å². The first-order valence-corrected chi connectivity index (χ1v) is 10.4. The zero-order valence-corrected chi connectivity index (χ0v) is 17.8. The van der Waals surface area contributed by atoms with E-state index in [2.05, 4.69) is 9.97 Å². The van der Waals surface area contributed by atoms with Crippen LogP contribution in [0.25, 0.3) is 5.57 Å². The summed E-state index contributed by atoms with van der Waals surface area (Å²) in [6.07, 6.45) is 4.48. The fraction of sp³-hybridized carbons (Fsp3) is 0.292. The molecule has 158 valence electrons. The molecule has 2 aliphatic heterocycles. The summed E-state index contributed by atoms with van der Waals surface area (Å²) in [5.41, 5.74) is 5.60. The van der Waals surface area contributed by atoms with E-state index < -0.39 is 0 Å². The van der Waals surface area contributed by atoms with E-state index in [9.17, 15) is 9.59 Å². The van der Waals surface area contributed by atoms with Crippen molar-refractivity contribution in [2.45, 2.75) is 26.3 Å². The number of carbonyl (C=O) groups is 1. The normalized spacial score (nSPS) is 18.3. The summed E-state index contributed by atoms with van der Waals surface area (Å²) in [7, 11) is 1.70. The van der Waals surface area contributed by atoms with Gasteiger partial charge in [0.15, 0.2) is 5.69 Å². The van der Waals surface area contributed by atoms with Gasteiger partial charge < -0.3 is 14.3 Å². The molecular formula is C24H24N4O3. The SMILES string of the molecule is Cc1ccc([C@@H]2c3[nH]c(C4=CCOCC4)nc3C(=O)N2c2cc(C)c(=O)n(C)c2)cc1. The van der Waals surface area contributed by atoms with Crippen molar-refractivity contribution in [2.75, 3.05) is 18.1 Å². The van der Waals surface area contributed by atoms with Crippen LogP contribution < -0.4 is 10.5 Å². The number of aromatic amines is 1. The number of H-pyrrole nitrogens is 1. The molecule has 4 heterocycles. The van der Waals surface area contributed by atoms with Crippen LogP contribution in [0.4, 0.5) is 5.69 Å². The van der Waals surface area contributed by atoms with Crippen LogP contribution in [0.15, 0.2) is 47.4 Å². The summed E-state index contributed by atoms with van der Waals surface area (Å²) in [5.74, 6) is 0.559. The quantitative estimate of drug-likeness (QED) is 0.711. The second-order valence-electron chi connectivity index (χ2n) is 8.19. The minimum absolute atomic E-state index is 0.0762. The van der Waals surface area contributed by atoms with Crippen LogP contribution in [0, 0.1) is 13.8 Å². The van der Waals surface area contributed by atoms with E-state index in [1.165, 1.54) is 4.57 Å². The fourth-order valence-electron chi connectivity index (χ4n) is 4.32. The Kier molecular flexibility index (Phi) is 4.63. The van der Waals surface area contributed by atoms with Gasteiger partial charge in [0.25, 0.3) is 11.5 Å². The van der Waals surface area contributed by atoms with Crippen molar-refractivity contribution in [3.63, 3.8) is 0 Å². The van der Waals surface area contributed by atoms with E-state index >= 15 is 0 Å². The molecule has 1 amide bonds. The van der Waals surface area contributed by atoms with Crippen LogP contribution in [0.1, 0.15) is 51.2 Å². The first-order chi connectivity index (χ1) is 14.9. The third-order valence-electron chi connectivity index (χ3n) is 5.97. The van der Waals surface area contributed by atoms with Crippen molar-refractivity contribution >= 4 is 17.2 Å². The van der Waals surface area contributed by atoms with Crippen molar-refractivity contribution in [3.8, 4) is 0 Å². The minimum Gasteiger partial charge on any atom is -0.377 e. The van der Waals surface area contributed by atoms with Gasteiger partial charge in [-0.25, -0.2) is 4.98 Å². The highest BCUT2D eigenvalue weighted by Gasteiger charge is 2.42. The molecule has 5 rings (SSSR count). The molecule has 0 spiro atoms. The second kappa shape index (κ2) is 7.35. The number of nitrogens with one attached hydrogen (secondary N) is 1. The van der Waals surface area contributed by atoms with Gasteiger partial charge in [0.2, 0.25) is 0 Å². The van der Waals surface area contributed by atoms with Crippen molar-refractivity contribution < 1.29 is 9.53 Å². The Morgan fingerprint density at radius 3 is 2.61 bits per heavy atom. The molecule has 0 saturated heterocycles. The number of imidazole rings is 1. The number of anilines is 1. The molecule has 1 aromatic carbocycles. The highest BCUT2D eigenvalue weighted by molar-refractivity contribution is 6.10. The summed E-state index contributed by atoms with van der Waals surface area (Å²) < 4.78 is 6.92. The van der Waals surface area contributed by atoms with Gasteiger partial charge in [0.05, 0.1) is 24.6 Å². The summed E-state index contributed by atoms with van der Waals surface area (Å²) in [4.78, 5) is 35.6. The van der Waals surface area contributed by atoms with E-state index in [0.29, 0.717) is 30.2 Å². The molecular weight excluding hydrogens is 392 g/mol. The zero-order valence-electron chi connectivity index (χ0n) is 17.8. The largest absolute Gasteiger partial charge is 0.377 e. The number of nitrogens with zero attached hydrogens (tertiary/aromatic N) is 3. The van der Waals surface area contributed by atoms with Crippen molar-refractivity contribution in [3.05, 3.63) is 86.9 Å². The van der Waals surface area contributed by atoms with Crippen molar-refractivity contribution in [1.29, 1.82) is 0 Å². The molecule has 0 saturated carbocycles. The third-order valence-corrected chi connectivity index (χ3v) is 5.97. The van der Waals surface area contributed by atoms with E-state index in [0.717, 1.165) is 34.6 Å². The van der Waals surface area contributed by atoms with E-state index in [1.807, 2.05) is 37.3 Å². The van der Waals surface area contributed by atoms with Gasteiger partial charge in [-0.2, -0.15) is 0 Å². The molecule has 0 radical (unpaired) electrons. The van der Waals surface area contributed by atoms with Crippen LogP contribution in [-0.2, 0) is 11.8 Å². The molecule has 2 aliphatic rings. The number of benzene rings is 1. The highest BCUT2D eigenvalue weighted by atomic mass is 16.5. The number of hydrogen-bond donors (Lipinski definition) is 1. The predicted molar refractivity (Wildman–Crippen MR) is 118 cm³/mol. The minimum atomic E-state index is -0.346. The first kappa shape index (κ1) is 19.5. The van der Waals surface area contributed by atoms with Gasteiger partial charge in [-0.15, -0.1) is 0 Å². The lowest BCUT2D eigenvalue weighted by Gasteiger charge is -2.26. The average Bonchev–Trinajstić information content (AvgIpc) is 3.31. The Hall–Kier alpha value is -3.45. The van der Waals surface area contributed by atoms with Gasteiger partial charge in [-0.3, -0.25) is 14.5 Å².